The van der Waals surface area contributed by atoms with Crippen LogP contribution in [-0.4, -0.2) is 72.4 Å². The molecule has 0 aliphatic carbocycles. The maximum absolute atomic E-state index is 14.1. The number of carbonyl (C=O) groups excluding carboxylic acids is 2. The standard InChI is InChI=1S/C34H47F2N3O4/c1-3-5-10-13-39-22-29(28(34(39)42)17-23-11-8-7-9-12-23)33(41)38-31(18-24-15-25(35)19-26(36)16-24)32(40)30-20-27(21-37-30)43-14-6-4-2/h7-9,11-12,15-16,19,27-32,37,40H,3-6,10,13-14,17-18,20-22H2,1-2H3,(H,38,41)/t27-,28?,29?,30-,31+,32-/m1/s1. The van der Waals surface area contributed by atoms with Crippen LogP contribution in [0.1, 0.15) is 63.5 Å². The van der Waals surface area contributed by atoms with Crippen molar-refractivity contribution in [2.45, 2.75) is 89.5 Å². The molecule has 2 aliphatic heterocycles. The molecule has 0 bridgehead atoms. The predicted molar refractivity (Wildman–Crippen MR) is 162 cm³/mol. The zero-order valence-corrected chi connectivity index (χ0v) is 25.4. The number of hydrogen-bond donors (Lipinski definition) is 3. The van der Waals surface area contributed by atoms with E-state index in [2.05, 4.69) is 24.5 Å². The third-order valence-electron chi connectivity index (χ3n) is 8.70. The van der Waals surface area contributed by atoms with Crippen LogP contribution in [0.5, 0.6) is 0 Å². The van der Waals surface area contributed by atoms with Gasteiger partial charge in [-0.05, 0) is 55.4 Å². The first-order valence-corrected chi connectivity index (χ1v) is 15.9. The van der Waals surface area contributed by atoms with Gasteiger partial charge in [0.05, 0.1) is 30.1 Å². The van der Waals surface area contributed by atoms with Gasteiger partial charge in [-0.15, -0.1) is 0 Å². The number of ether oxygens (including phenoxy) is 1. The summed E-state index contributed by atoms with van der Waals surface area (Å²) in [6.45, 7) is 6.32. The van der Waals surface area contributed by atoms with Gasteiger partial charge < -0.3 is 25.4 Å². The number of nitrogens with one attached hydrogen (secondary N) is 2. The number of halogens is 2. The Hall–Kier alpha value is -2.88. The van der Waals surface area contributed by atoms with Crippen molar-refractivity contribution in [2.75, 3.05) is 26.2 Å². The Morgan fingerprint density at radius 1 is 1.07 bits per heavy atom. The van der Waals surface area contributed by atoms with Crippen LogP contribution in [0.15, 0.2) is 48.5 Å². The van der Waals surface area contributed by atoms with Gasteiger partial charge in [-0.1, -0.05) is 63.4 Å². The molecule has 0 aromatic heterocycles. The fourth-order valence-electron chi connectivity index (χ4n) is 6.30. The number of rotatable bonds is 16. The van der Waals surface area contributed by atoms with Gasteiger partial charge in [0.15, 0.2) is 0 Å². The second-order valence-corrected chi connectivity index (χ2v) is 12.1. The highest BCUT2D eigenvalue weighted by Gasteiger charge is 2.45. The van der Waals surface area contributed by atoms with Crippen molar-refractivity contribution in [2.24, 2.45) is 11.8 Å². The first-order chi connectivity index (χ1) is 20.8. The monoisotopic (exact) mass is 599 g/mol. The molecule has 7 nitrogen and oxygen atoms in total. The minimum Gasteiger partial charge on any atom is -0.389 e. The van der Waals surface area contributed by atoms with E-state index in [0.717, 1.165) is 43.7 Å². The fraction of sp³-hybridized carbons (Fsp3) is 0.588. The smallest absolute Gasteiger partial charge is 0.226 e. The molecule has 0 spiro atoms. The average Bonchev–Trinajstić information content (AvgIpc) is 3.57. The first kappa shape index (κ1) is 33.0. The number of amides is 2. The highest BCUT2D eigenvalue weighted by molar-refractivity contribution is 5.91. The topological polar surface area (TPSA) is 90.9 Å². The molecular weight excluding hydrogens is 552 g/mol. The zero-order chi connectivity index (χ0) is 30.8. The molecule has 2 aromatic rings. The second kappa shape index (κ2) is 16.3. The SMILES string of the molecule is CCCCCN1CC(C(=O)N[C@@H](Cc2cc(F)cc(F)c2)[C@H](O)[C@H]2C[C@@H](OCCCC)CN2)C(Cc2ccccc2)C1=O. The summed E-state index contributed by atoms with van der Waals surface area (Å²) in [5.41, 5.74) is 1.31. The van der Waals surface area contributed by atoms with Crippen molar-refractivity contribution < 1.29 is 28.2 Å². The van der Waals surface area contributed by atoms with Crippen molar-refractivity contribution in [1.29, 1.82) is 0 Å². The van der Waals surface area contributed by atoms with Crippen LogP contribution in [0.3, 0.4) is 0 Å². The molecule has 2 aromatic carbocycles. The summed E-state index contributed by atoms with van der Waals surface area (Å²) in [6, 6.07) is 11.7. The molecule has 2 heterocycles. The van der Waals surface area contributed by atoms with Crippen molar-refractivity contribution in [1.82, 2.24) is 15.5 Å². The number of carbonyl (C=O) groups is 2. The van der Waals surface area contributed by atoms with E-state index in [0.29, 0.717) is 44.6 Å². The van der Waals surface area contributed by atoms with Crippen LogP contribution in [0.25, 0.3) is 0 Å². The van der Waals surface area contributed by atoms with Crippen LogP contribution in [0.4, 0.5) is 8.78 Å². The van der Waals surface area contributed by atoms with Crippen molar-refractivity contribution in [3.05, 3.63) is 71.3 Å². The van der Waals surface area contributed by atoms with Gasteiger partial charge in [-0.25, -0.2) is 8.78 Å². The van der Waals surface area contributed by atoms with E-state index in [1.165, 1.54) is 12.1 Å². The first-order valence-electron chi connectivity index (χ1n) is 15.9. The number of aliphatic hydroxyl groups excluding tert-OH is 1. The predicted octanol–water partition coefficient (Wildman–Crippen LogP) is 4.41. The van der Waals surface area contributed by atoms with Gasteiger partial charge in [-0.2, -0.15) is 0 Å². The van der Waals surface area contributed by atoms with Crippen molar-refractivity contribution in [3.8, 4) is 0 Å². The normalized spacial score (nSPS) is 23.5. The lowest BCUT2D eigenvalue weighted by Gasteiger charge is -2.30. The average molecular weight is 600 g/mol. The fourth-order valence-corrected chi connectivity index (χ4v) is 6.30. The van der Waals surface area contributed by atoms with Gasteiger partial charge in [0.25, 0.3) is 0 Å². The zero-order valence-electron chi connectivity index (χ0n) is 25.4. The Labute approximate surface area is 254 Å². The van der Waals surface area contributed by atoms with Crippen LogP contribution in [0.2, 0.25) is 0 Å². The van der Waals surface area contributed by atoms with Gasteiger partial charge in [0.1, 0.15) is 11.6 Å². The Bertz CT molecular complexity index is 1160. The van der Waals surface area contributed by atoms with E-state index in [1.54, 1.807) is 4.90 Å². The molecule has 0 saturated carbocycles. The molecule has 4 rings (SSSR count). The maximum Gasteiger partial charge on any atom is 0.226 e. The highest BCUT2D eigenvalue weighted by atomic mass is 19.1. The van der Waals surface area contributed by atoms with Crippen molar-refractivity contribution in [3.63, 3.8) is 0 Å². The van der Waals surface area contributed by atoms with E-state index in [9.17, 15) is 23.5 Å². The number of benzene rings is 2. The van der Waals surface area contributed by atoms with E-state index in [1.807, 2.05) is 30.3 Å². The third-order valence-corrected chi connectivity index (χ3v) is 8.70. The highest BCUT2D eigenvalue weighted by Crippen LogP contribution is 2.30. The molecule has 43 heavy (non-hydrogen) atoms. The summed E-state index contributed by atoms with van der Waals surface area (Å²) in [6.07, 6.45) is 4.79. The number of hydrogen-bond acceptors (Lipinski definition) is 5. The van der Waals surface area contributed by atoms with Crippen LogP contribution in [-0.2, 0) is 27.2 Å². The summed E-state index contributed by atoms with van der Waals surface area (Å²) in [7, 11) is 0. The van der Waals surface area contributed by atoms with E-state index >= 15 is 0 Å². The lowest BCUT2D eigenvalue weighted by Crippen LogP contribution is -2.54. The van der Waals surface area contributed by atoms with Gasteiger partial charge in [0.2, 0.25) is 11.8 Å². The molecule has 236 valence electrons. The quantitative estimate of drug-likeness (QED) is 0.249. The number of unbranched alkanes of at least 4 members (excludes halogenated alkanes) is 3. The van der Waals surface area contributed by atoms with E-state index < -0.39 is 35.6 Å². The van der Waals surface area contributed by atoms with Gasteiger partial charge >= 0.3 is 0 Å². The summed E-state index contributed by atoms with van der Waals surface area (Å²) < 4.78 is 34.1. The molecule has 2 saturated heterocycles. The number of likely N-dealkylation sites (tertiary alicyclic amines) is 1. The Kier molecular flexibility index (Phi) is 12.5. The lowest BCUT2D eigenvalue weighted by molar-refractivity contribution is -0.133. The molecule has 3 N–H and O–H groups in total. The molecule has 2 amide bonds. The molecule has 0 radical (unpaired) electrons. The largest absolute Gasteiger partial charge is 0.389 e. The molecule has 2 fully saturated rings. The van der Waals surface area contributed by atoms with E-state index in [-0.39, 0.29) is 30.4 Å². The Morgan fingerprint density at radius 2 is 1.79 bits per heavy atom. The summed E-state index contributed by atoms with van der Waals surface area (Å²) in [4.78, 5) is 29.3. The number of aliphatic hydroxyl groups is 1. The van der Waals surface area contributed by atoms with E-state index in [4.69, 9.17) is 4.74 Å². The molecule has 2 unspecified atom stereocenters. The van der Waals surface area contributed by atoms with Crippen LogP contribution < -0.4 is 10.6 Å². The Balaban J connectivity index is 1.53. The molecule has 6 atom stereocenters. The van der Waals surface area contributed by atoms with Crippen LogP contribution in [0, 0.1) is 23.5 Å². The summed E-state index contributed by atoms with van der Waals surface area (Å²) >= 11 is 0. The minimum atomic E-state index is -1.04. The molecule has 2 aliphatic rings. The van der Waals surface area contributed by atoms with Gasteiger partial charge in [-0.3, -0.25) is 9.59 Å². The minimum absolute atomic E-state index is 0.0331. The summed E-state index contributed by atoms with van der Waals surface area (Å²) in [5.74, 6) is -2.95. The maximum atomic E-state index is 14.1. The second-order valence-electron chi connectivity index (χ2n) is 12.1. The Morgan fingerprint density at radius 3 is 2.49 bits per heavy atom. The van der Waals surface area contributed by atoms with Gasteiger partial charge in [0, 0.05) is 38.3 Å². The number of nitrogens with zero attached hydrogens (tertiary/aromatic N) is 1. The van der Waals surface area contributed by atoms with Crippen LogP contribution >= 0.6 is 0 Å². The molecule has 9 heteroatoms. The molecular formula is C34H47F2N3O4. The summed E-state index contributed by atoms with van der Waals surface area (Å²) in [5, 5.41) is 17.9. The lowest BCUT2D eigenvalue weighted by atomic mass is 9.87. The van der Waals surface area contributed by atoms with Crippen molar-refractivity contribution >= 4 is 11.8 Å². The third kappa shape index (κ3) is 9.30.